The van der Waals surface area contributed by atoms with Gasteiger partial charge in [0.1, 0.15) is 0 Å². The van der Waals surface area contributed by atoms with E-state index < -0.39 is 0 Å². The van der Waals surface area contributed by atoms with Crippen molar-refractivity contribution in [2.24, 2.45) is 5.92 Å². The minimum Gasteiger partial charge on any atom is -0.343 e. The molecule has 0 N–H and O–H groups in total. The van der Waals surface area contributed by atoms with E-state index in [9.17, 15) is 9.59 Å². The number of aromatic nitrogens is 1. The minimum absolute atomic E-state index is 0.0802. The molecule has 0 unspecified atom stereocenters. The number of anilines is 1. The first-order valence-corrected chi connectivity index (χ1v) is 8.19. The fraction of sp³-hybridized carbons (Fsp3) is 0.200. The number of hydrogen-bond acceptors (Lipinski definition) is 2. The SMILES string of the molecule is Cc1c2n(c3ccccc13)C[C@H]1C(=O)N(c3ccccc3)C(=O)[C@@H]21. The zero-order valence-electron chi connectivity index (χ0n) is 13.3. The Kier molecular flexibility index (Phi) is 2.58. The van der Waals surface area contributed by atoms with Gasteiger partial charge in [-0.05, 0) is 30.7 Å². The van der Waals surface area contributed by atoms with E-state index in [2.05, 4.69) is 23.6 Å². The van der Waals surface area contributed by atoms with Gasteiger partial charge in [0.25, 0.3) is 0 Å². The molecule has 0 aliphatic carbocycles. The quantitative estimate of drug-likeness (QED) is 0.647. The van der Waals surface area contributed by atoms with Crippen LogP contribution in [0.15, 0.2) is 54.6 Å². The number of benzene rings is 2. The Labute approximate surface area is 139 Å². The molecule has 24 heavy (non-hydrogen) atoms. The van der Waals surface area contributed by atoms with Gasteiger partial charge in [-0.25, -0.2) is 4.90 Å². The maximum Gasteiger partial charge on any atom is 0.243 e. The molecule has 1 saturated heterocycles. The molecule has 3 aromatic rings. The summed E-state index contributed by atoms with van der Waals surface area (Å²) in [7, 11) is 0. The summed E-state index contributed by atoms with van der Waals surface area (Å²) >= 11 is 0. The largest absolute Gasteiger partial charge is 0.343 e. The van der Waals surface area contributed by atoms with Crippen molar-refractivity contribution in [1.29, 1.82) is 0 Å². The van der Waals surface area contributed by atoms with Gasteiger partial charge in [0, 0.05) is 23.1 Å². The molecule has 1 aromatic heterocycles. The van der Waals surface area contributed by atoms with Crippen LogP contribution >= 0.6 is 0 Å². The molecule has 4 nitrogen and oxygen atoms in total. The van der Waals surface area contributed by atoms with Crippen molar-refractivity contribution >= 4 is 28.4 Å². The fourth-order valence-corrected chi connectivity index (χ4v) is 4.34. The topological polar surface area (TPSA) is 42.3 Å². The number of hydrogen-bond donors (Lipinski definition) is 0. The van der Waals surface area contributed by atoms with Crippen LogP contribution in [0.25, 0.3) is 10.9 Å². The fourth-order valence-electron chi connectivity index (χ4n) is 4.34. The smallest absolute Gasteiger partial charge is 0.243 e. The highest BCUT2D eigenvalue weighted by Gasteiger charge is 2.54. The lowest BCUT2D eigenvalue weighted by atomic mass is 9.93. The summed E-state index contributed by atoms with van der Waals surface area (Å²) in [4.78, 5) is 27.4. The zero-order valence-corrected chi connectivity index (χ0v) is 13.3. The Hall–Kier alpha value is -2.88. The third-order valence-electron chi connectivity index (χ3n) is 5.39. The van der Waals surface area contributed by atoms with Gasteiger partial charge in [0.05, 0.1) is 17.5 Å². The summed E-state index contributed by atoms with van der Waals surface area (Å²) in [6, 6.07) is 17.4. The van der Waals surface area contributed by atoms with Gasteiger partial charge < -0.3 is 4.57 Å². The second kappa shape index (κ2) is 4.57. The van der Waals surface area contributed by atoms with E-state index in [0.29, 0.717) is 12.2 Å². The molecule has 4 heteroatoms. The first-order chi connectivity index (χ1) is 11.7. The lowest BCUT2D eigenvalue weighted by molar-refractivity contribution is -0.122. The average molecular weight is 316 g/mol. The van der Waals surface area contributed by atoms with Crippen molar-refractivity contribution in [2.45, 2.75) is 19.4 Å². The van der Waals surface area contributed by atoms with Gasteiger partial charge in [-0.1, -0.05) is 36.4 Å². The Morgan fingerprint density at radius 1 is 0.917 bits per heavy atom. The van der Waals surface area contributed by atoms with Crippen molar-refractivity contribution in [3.63, 3.8) is 0 Å². The number of nitrogens with zero attached hydrogens (tertiary/aromatic N) is 2. The second-order valence-corrected chi connectivity index (χ2v) is 6.57. The van der Waals surface area contributed by atoms with E-state index in [0.717, 1.165) is 16.8 Å². The average Bonchev–Trinajstić information content (AvgIpc) is 3.20. The number of imide groups is 1. The molecule has 2 amide bonds. The summed E-state index contributed by atoms with van der Waals surface area (Å²) in [6.45, 7) is 2.64. The summed E-state index contributed by atoms with van der Waals surface area (Å²) in [5.41, 5.74) is 3.92. The van der Waals surface area contributed by atoms with Crippen LogP contribution in [-0.2, 0) is 16.1 Å². The third-order valence-corrected chi connectivity index (χ3v) is 5.39. The highest BCUT2D eigenvalue weighted by molar-refractivity contribution is 6.24. The Morgan fingerprint density at radius 2 is 1.62 bits per heavy atom. The predicted octanol–water partition coefficient (Wildman–Crippen LogP) is 3.24. The molecule has 2 aromatic carbocycles. The lowest BCUT2D eigenvalue weighted by Gasteiger charge is -2.16. The standard InChI is InChI=1S/C20H16N2O2/c1-12-14-9-5-6-10-16(14)21-11-15-17(18(12)21)20(24)22(19(15)23)13-7-3-2-4-8-13/h2-10,15,17H,11H2,1H3/t15-,17-/m1/s1. The Bertz CT molecular complexity index is 1000. The number of fused-ring (bicyclic) bond motifs is 5. The van der Waals surface area contributed by atoms with E-state index >= 15 is 0 Å². The predicted molar refractivity (Wildman–Crippen MR) is 91.8 cm³/mol. The van der Waals surface area contributed by atoms with Crippen LogP contribution in [-0.4, -0.2) is 16.4 Å². The highest BCUT2D eigenvalue weighted by atomic mass is 16.2. The molecule has 3 heterocycles. The Balaban J connectivity index is 1.68. The summed E-state index contributed by atoms with van der Waals surface area (Å²) in [5, 5.41) is 1.17. The number of para-hydroxylation sites is 2. The van der Waals surface area contributed by atoms with Crippen molar-refractivity contribution in [3.8, 4) is 0 Å². The highest BCUT2D eigenvalue weighted by Crippen LogP contribution is 2.47. The van der Waals surface area contributed by atoms with Crippen molar-refractivity contribution in [3.05, 3.63) is 65.9 Å². The van der Waals surface area contributed by atoms with E-state index in [1.54, 1.807) is 0 Å². The molecule has 2 aliphatic heterocycles. The molecule has 2 atom stereocenters. The van der Waals surface area contributed by atoms with Crippen LogP contribution in [0.1, 0.15) is 17.2 Å². The summed E-state index contributed by atoms with van der Waals surface area (Å²) in [6.07, 6.45) is 0. The molecule has 1 fully saturated rings. The first-order valence-electron chi connectivity index (χ1n) is 8.19. The third kappa shape index (κ3) is 1.53. The molecule has 0 saturated carbocycles. The Morgan fingerprint density at radius 3 is 2.42 bits per heavy atom. The van der Waals surface area contributed by atoms with Gasteiger partial charge in [-0.2, -0.15) is 0 Å². The number of rotatable bonds is 1. The van der Waals surface area contributed by atoms with E-state index in [4.69, 9.17) is 0 Å². The van der Waals surface area contributed by atoms with Crippen LogP contribution in [0, 0.1) is 12.8 Å². The second-order valence-electron chi connectivity index (χ2n) is 6.57. The van der Waals surface area contributed by atoms with Crippen LogP contribution in [0.2, 0.25) is 0 Å². The monoisotopic (exact) mass is 316 g/mol. The normalized spacial score (nSPS) is 22.3. The van der Waals surface area contributed by atoms with Gasteiger partial charge in [0.2, 0.25) is 11.8 Å². The molecule has 0 radical (unpaired) electrons. The van der Waals surface area contributed by atoms with Crippen LogP contribution in [0.5, 0.6) is 0 Å². The molecule has 118 valence electrons. The van der Waals surface area contributed by atoms with Crippen molar-refractivity contribution < 1.29 is 9.59 Å². The van der Waals surface area contributed by atoms with Crippen LogP contribution < -0.4 is 4.90 Å². The number of aryl methyl sites for hydroxylation is 1. The van der Waals surface area contributed by atoms with E-state index in [1.165, 1.54) is 10.3 Å². The lowest BCUT2D eigenvalue weighted by Crippen LogP contribution is -2.32. The maximum absolute atomic E-state index is 13.1. The van der Waals surface area contributed by atoms with Crippen LogP contribution in [0.3, 0.4) is 0 Å². The van der Waals surface area contributed by atoms with Gasteiger partial charge in [-0.15, -0.1) is 0 Å². The summed E-state index contributed by atoms with van der Waals surface area (Å²) in [5.74, 6) is -0.814. The molecule has 0 bridgehead atoms. The summed E-state index contributed by atoms with van der Waals surface area (Å²) < 4.78 is 2.16. The van der Waals surface area contributed by atoms with Gasteiger partial charge in [0.15, 0.2) is 0 Å². The number of amides is 2. The first kappa shape index (κ1) is 13.5. The maximum atomic E-state index is 13.1. The molecule has 5 rings (SSSR count). The van der Waals surface area contributed by atoms with Crippen LogP contribution in [0.4, 0.5) is 5.69 Å². The number of carbonyl (C=O) groups is 2. The molecular weight excluding hydrogens is 300 g/mol. The molecule has 2 aliphatic rings. The zero-order chi connectivity index (χ0) is 16.4. The van der Waals surface area contributed by atoms with Crippen molar-refractivity contribution in [2.75, 3.05) is 4.90 Å². The molecular formula is C20H16N2O2. The van der Waals surface area contributed by atoms with Gasteiger partial charge >= 0.3 is 0 Å². The minimum atomic E-state index is -0.356. The van der Waals surface area contributed by atoms with E-state index in [-0.39, 0.29) is 23.7 Å². The van der Waals surface area contributed by atoms with E-state index in [1.807, 2.05) is 42.5 Å². The van der Waals surface area contributed by atoms with Crippen molar-refractivity contribution in [1.82, 2.24) is 4.57 Å². The van der Waals surface area contributed by atoms with Gasteiger partial charge in [-0.3, -0.25) is 9.59 Å². The number of carbonyl (C=O) groups excluding carboxylic acids is 2. The molecule has 0 spiro atoms.